The van der Waals surface area contributed by atoms with Crippen LogP contribution in [0, 0.1) is 0 Å². The Balaban J connectivity index is 2.35. The number of aryl methyl sites for hydroxylation is 1. The highest BCUT2D eigenvalue weighted by Crippen LogP contribution is 2.29. The Labute approximate surface area is 97.2 Å². The SMILES string of the molecule is CCc1cc(C2(C)CNNC2)ccc1OC. The first-order valence-corrected chi connectivity index (χ1v) is 5.83. The molecule has 88 valence electrons. The van der Waals surface area contributed by atoms with E-state index in [1.54, 1.807) is 7.11 Å². The number of ether oxygens (including phenoxy) is 1. The lowest BCUT2D eigenvalue weighted by molar-refractivity contribution is 0.409. The van der Waals surface area contributed by atoms with Crippen molar-refractivity contribution in [2.24, 2.45) is 0 Å². The topological polar surface area (TPSA) is 33.3 Å². The average Bonchev–Trinajstić information content (AvgIpc) is 2.76. The Bertz CT molecular complexity index is 370. The molecule has 0 aromatic heterocycles. The molecule has 1 saturated heterocycles. The van der Waals surface area contributed by atoms with Crippen molar-refractivity contribution in [2.75, 3.05) is 20.2 Å². The summed E-state index contributed by atoms with van der Waals surface area (Å²) >= 11 is 0. The molecule has 0 amide bonds. The van der Waals surface area contributed by atoms with Gasteiger partial charge in [0, 0.05) is 18.5 Å². The number of hydrogen-bond acceptors (Lipinski definition) is 3. The van der Waals surface area contributed by atoms with Crippen molar-refractivity contribution < 1.29 is 4.74 Å². The van der Waals surface area contributed by atoms with Crippen LogP contribution in [0.3, 0.4) is 0 Å². The van der Waals surface area contributed by atoms with Crippen LogP contribution in [0.25, 0.3) is 0 Å². The monoisotopic (exact) mass is 220 g/mol. The van der Waals surface area contributed by atoms with Gasteiger partial charge in [-0.3, -0.25) is 10.9 Å². The fourth-order valence-corrected chi connectivity index (χ4v) is 2.21. The van der Waals surface area contributed by atoms with E-state index < -0.39 is 0 Å². The molecular weight excluding hydrogens is 200 g/mol. The summed E-state index contributed by atoms with van der Waals surface area (Å²) in [5, 5.41) is 0. The molecule has 2 rings (SSSR count). The van der Waals surface area contributed by atoms with Gasteiger partial charge < -0.3 is 4.74 Å². The van der Waals surface area contributed by atoms with Crippen LogP contribution in [0.15, 0.2) is 18.2 Å². The molecule has 0 spiro atoms. The first-order chi connectivity index (χ1) is 7.69. The van der Waals surface area contributed by atoms with E-state index >= 15 is 0 Å². The number of rotatable bonds is 3. The van der Waals surface area contributed by atoms with Crippen LogP contribution in [-0.2, 0) is 11.8 Å². The second-order valence-corrected chi connectivity index (χ2v) is 4.65. The third-order valence-electron chi connectivity index (χ3n) is 3.44. The van der Waals surface area contributed by atoms with E-state index in [2.05, 4.69) is 42.9 Å². The van der Waals surface area contributed by atoms with E-state index in [1.807, 2.05) is 0 Å². The zero-order valence-corrected chi connectivity index (χ0v) is 10.3. The molecule has 1 aromatic rings. The van der Waals surface area contributed by atoms with Crippen molar-refractivity contribution >= 4 is 0 Å². The van der Waals surface area contributed by atoms with Crippen molar-refractivity contribution in [3.8, 4) is 5.75 Å². The average molecular weight is 220 g/mol. The lowest BCUT2D eigenvalue weighted by atomic mass is 9.82. The van der Waals surface area contributed by atoms with Gasteiger partial charge in [0.2, 0.25) is 0 Å². The van der Waals surface area contributed by atoms with Crippen LogP contribution >= 0.6 is 0 Å². The predicted molar refractivity (Wildman–Crippen MR) is 65.7 cm³/mol. The number of methoxy groups -OCH3 is 1. The van der Waals surface area contributed by atoms with E-state index in [0.29, 0.717) is 0 Å². The fraction of sp³-hybridized carbons (Fsp3) is 0.538. The lowest BCUT2D eigenvalue weighted by Gasteiger charge is -2.23. The Morgan fingerprint density at radius 3 is 2.56 bits per heavy atom. The largest absolute Gasteiger partial charge is 0.496 e. The highest BCUT2D eigenvalue weighted by molar-refractivity contribution is 5.40. The standard InChI is InChI=1S/C13H20N2O/c1-4-10-7-11(5-6-12(10)16-3)13(2)8-14-15-9-13/h5-7,14-15H,4,8-9H2,1-3H3. The highest BCUT2D eigenvalue weighted by Gasteiger charge is 2.30. The van der Waals surface area contributed by atoms with Gasteiger partial charge in [0.1, 0.15) is 5.75 Å². The zero-order valence-electron chi connectivity index (χ0n) is 10.3. The first kappa shape index (κ1) is 11.4. The summed E-state index contributed by atoms with van der Waals surface area (Å²) in [7, 11) is 1.73. The first-order valence-electron chi connectivity index (χ1n) is 5.83. The molecule has 16 heavy (non-hydrogen) atoms. The molecule has 0 aliphatic carbocycles. The molecule has 0 radical (unpaired) electrons. The minimum absolute atomic E-state index is 0.191. The summed E-state index contributed by atoms with van der Waals surface area (Å²) < 4.78 is 5.36. The van der Waals surface area contributed by atoms with Crippen LogP contribution in [0.5, 0.6) is 5.75 Å². The third kappa shape index (κ3) is 1.93. The van der Waals surface area contributed by atoms with Gasteiger partial charge in [0.05, 0.1) is 7.11 Å². The molecule has 3 nitrogen and oxygen atoms in total. The van der Waals surface area contributed by atoms with Gasteiger partial charge in [-0.25, -0.2) is 0 Å². The molecule has 0 bridgehead atoms. The van der Waals surface area contributed by atoms with Crippen LogP contribution in [0.2, 0.25) is 0 Å². The third-order valence-corrected chi connectivity index (χ3v) is 3.44. The summed E-state index contributed by atoms with van der Waals surface area (Å²) in [5.74, 6) is 0.994. The van der Waals surface area contributed by atoms with E-state index in [0.717, 1.165) is 25.3 Å². The van der Waals surface area contributed by atoms with Gasteiger partial charge in [-0.2, -0.15) is 0 Å². The number of benzene rings is 1. The Morgan fingerprint density at radius 1 is 1.31 bits per heavy atom. The second-order valence-electron chi connectivity index (χ2n) is 4.65. The van der Waals surface area contributed by atoms with Crippen LogP contribution in [-0.4, -0.2) is 20.2 Å². The van der Waals surface area contributed by atoms with Gasteiger partial charge in [-0.1, -0.05) is 26.0 Å². The summed E-state index contributed by atoms with van der Waals surface area (Å²) in [4.78, 5) is 0. The lowest BCUT2D eigenvalue weighted by Crippen LogP contribution is -2.27. The van der Waals surface area contributed by atoms with Crippen molar-refractivity contribution in [3.63, 3.8) is 0 Å². The van der Waals surface area contributed by atoms with Crippen LogP contribution < -0.4 is 15.6 Å². The van der Waals surface area contributed by atoms with Gasteiger partial charge in [-0.05, 0) is 23.6 Å². The van der Waals surface area contributed by atoms with E-state index in [9.17, 15) is 0 Å². The molecule has 1 aliphatic heterocycles. The number of nitrogens with one attached hydrogen (secondary N) is 2. The summed E-state index contributed by atoms with van der Waals surface area (Å²) in [6.45, 7) is 6.39. The highest BCUT2D eigenvalue weighted by atomic mass is 16.5. The molecular formula is C13H20N2O. The van der Waals surface area contributed by atoms with Gasteiger partial charge in [0.25, 0.3) is 0 Å². The molecule has 0 unspecified atom stereocenters. The van der Waals surface area contributed by atoms with Crippen molar-refractivity contribution in [1.29, 1.82) is 0 Å². The minimum atomic E-state index is 0.191. The predicted octanol–water partition coefficient (Wildman–Crippen LogP) is 1.62. The summed E-state index contributed by atoms with van der Waals surface area (Å²) in [6, 6.07) is 6.53. The number of hydrogen-bond donors (Lipinski definition) is 2. The van der Waals surface area contributed by atoms with Gasteiger partial charge in [0.15, 0.2) is 0 Å². The smallest absolute Gasteiger partial charge is 0.122 e. The molecule has 3 heteroatoms. The van der Waals surface area contributed by atoms with Crippen molar-refractivity contribution in [2.45, 2.75) is 25.7 Å². The second kappa shape index (κ2) is 4.44. The maximum atomic E-state index is 5.36. The zero-order chi connectivity index (χ0) is 11.6. The van der Waals surface area contributed by atoms with Crippen molar-refractivity contribution in [3.05, 3.63) is 29.3 Å². The molecule has 0 saturated carbocycles. The summed E-state index contributed by atoms with van der Waals surface area (Å²) in [6.07, 6.45) is 1.01. The normalized spacial score (nSPS) is 18.7. The quantitative estimate of drug-likeness (QED) is 0.812. The van der Waals surface area contributed by atoms with E-state index in [1.165, 1.54) is 11.1 Å². The molecule has 1 aromatic carbocycles. The molecule has 2 N–H and O–H groups in total. The maximum absolute atomic E-state index is 5.36. The Kier molecular flexibility index (Phi) is 3.17. The number of hydrazine groups is 1. The summed E-state index contributed by atoms with van der Waals surface area (Å²) in [5.41, 5.74) is 9.25. The van der Waals surface area contributed by atoms with Gasteiger partial charge in [-0.15, -0.1) is 0 Å². The molecule has 0 atom stereocenters. The van der Waals surface area contributed by atoms with Crippen LogP contribution in [0.1, 0.15) is 25.0 Å². The van der Waals surface area contributed by atoms with Crippen LogP contribution in [0.4, 0.5) is 0 Å². The fourth-order valence-electron chi connectivity index (χ4n) is 2.21. The molecule has 1 fully saturated rings. The Hall–Kier alpha value is -1.06. The van der Waals surface area contributed by atoms with Crippen molar-refractivity contribution in [1.82, 2.24) is 10.9 Å². The van der Waals surface area contributed by atoms with Gasteiger partial charge >= 0.3 is 0 Å². The van der Waals surface area contributed by atoms with E-state index in [4.69, 9.17) is 4.74 Å². The van der Waals surface area contributed by atoms with E-state index in [-0.39, 0.29) is 5.41 Å². The molecule has 1 heterocycles. The maximum Gasteiger partial charge on any atom is 0.122 e. The minimum Gasteiger partial charge on any atom is -0.496 e. The Morgan fingerprint density at radius 2 is 2.00 bits per heavy atom. The molecule has 1 aliphatic rings.